The van der Waals surface area contributed by atoms with Crippen LogP contribution < -0.4 is 5.32 Å². The zero-order chi connectivity index (χ0) is 25.2. The second kappa shape index (κ2) is 11.0. The van der Waals surface area contributed by atoms with Crippen LogP contribution in [0.4, 0.5) is 0 Å². The number of ketones is 1. The van der Waals surface area contributed by atoms with Gasteiger partial charge < -0.3 is 20.3 Å². The molecule has 1 aromatic rings. The minimum absolute atomic E-state index is 0.0419. The summed E-state index contributed by atoms with van der Waals surface area (Å²) in [5, 5.41) is 27.7. The average Bonchev–Trinajstić information content (AvgIpc) is 3.38. The summed E-state index contributed by atoms with van der Waals surface area (Å²) in [6, 6.07) is -0.247. The molecule has 8 heteroatoms. The van der Waals surface area contributed by atoms with Gasteiger partial charge in [-0.3, -0.25) is 9.59 Å². The van der Waals surface area contributed by atoms with Gasteiger partial charge in [0.15, 0.2) is 0 Å². The van der Waals surface area contributed by atoms with Crippen LogP contribution in [0.25, 0.3) is 6.08 Å². The van der Waals surface area contributed by atoms with Gasteiger partial charge in [0.05, 0.1) is 53.0 Å². The van der Waals surface area contributed by atoms with Crippen LogP contribution in [-0.4, -0.2) is 57.3 Å². The van der Waals surface area contributed by atoms with E-state index < -0.39 is 23.5 Å². The minimum Gasteiger partial charge on any atom is -0.392 e. The van der Waals surface area contributed by atoms with E-state index in [1.54, 1.807) is 32.1 Å². The summed E-state index contributed by atoms with van der Waals surface area (Å²) in [7, 11) is 0. The number of amides is 1. The molecule has 3 rings (SSSR count). The molecule has 0 aromatic carbocycles. The van der Waals surface area contributed by atoms with Crippen molar-refractivity contribution in [3.63, 3.8) is 0 Å². The van der Waals surface area contributed by atoms with Crippen molar-refractivity contribution in [1.82, 2.24) is 10.3 Å². The Labute approximate surface area is 207 Å². The van der Waals surface area contributed by atoms with Crippen molar-refractivity contribution < 1.29 is 24.5 Å². The zero-order valence-corrected chi connectivity index (χ0v) is 22.0. The molecule has 7 atom stereocenters. The van der Waals surface area contributed by atoms with E-state index in [9.17, 15) is 19.8 Å². The monoisotopic (exact) mass is 492 g/mol. The van der Waals surface area contributed by atoms with Gasteiger partial charge in [-0.15, -0.1) is 11.3 Å². The molecule has 1 aromatic heterocycles. The normalized spacial score (nSPS) is 36.0. The van der Waals surface area contributed by atoms with Crippen LogP contribution in [-0.2, 0) is 14.3 Å². The molecular weight excluding hydrogens is 452 g/mol. The second-order valence-corrected chi connectivity index (χ2v) is 11.8. The van der Waals surface area contributed by atoms with Gasteiger partial charge in [0.1, 0.15) is 5.78 Å². The zero-order valence-electron chi connectivity index (χ0n) is 21.2. The number of carbonyl (C=O) groups excluding carboxylic acids is 2. The predicted octanol–water partition coefficient (Wildman–Crippen LogP) is 3.66. The Morgan fingerprint density at radius 3 is 2.59 bits per heavy atom. The van der Waals surface area contributed by atoms with Crippen molar-refractivity contribution in [3.05, 3.63) is 21.7 Å². The topological polar surface area (TPSA) is 112 Å². The molecule has 2 saturated heterocycles. The lowest BCUT2D eigenvalue weighted by Crippen LogP contribution is -2.47. The number of ether oxygens (including phenoxy) is 1. The first-order valence-electron chi connectivity index (χ1n) is 12.4. The summed E-state index contributed by atoms with van der Waals surface area (Å²) in [6.07, 6.45) is 3.31. The summed E-state index contributed by atoms with van der Waals surface area (Å²) < 4.78 is 5.91. The molecule has 1 unspecified atom stereocenters. The lowest BCUT2D eigenvalue weighted by atomic mass is 9.73. The highest BCUT2D eigenvalue weighted by Gasteiger charge is 2.44. The largest absolute Gasteiger partial charge is 0.392 e. The number of hydrogen-bond donors (Lipinski definition) is 3. The van der Waals surface area contributed by atoms with E-state index in [2.05, 4.69) is 10.3 Å². The Bertz CT molecular complexity index is 911. The molecule has 3 N–H and O–H groups in total. The van der Waals surface area contributed by atoms with E-state index in [1.165, 1.54) is 0 Å². The molecule has 0 spiro atoms. The van der Waals surface area contributed by atoms with Crippen molar-refractivity contribution in [2.75, 3.05) is 0 Å². The van der Waals surface area contributed by atoms with Crippen molar-refractivity contribution in [2.24, 2.45) is 17.3 Å². The molecule has 0 radical (unpaired) electrons. The van der Waals surface area contributed by atoms with Gasteiger partial charge in [-0.2, -0.15) is 0 Å². The number of nitrogens with zero attached hydrogens (tertiary/aromatic N) is 1. The first kappa shape index (κ1) is 27.0. The van der Waals surface area contributed by atoms with Crippen LogP contribution in [0.2, 0.25) is 0 Å². The Kier molecular flexibility index (Phi) is 8.71. The lowest BCUT2D eigenvalue weighted by molar-refractivity contribution is -0.143. The van der Waals surface area contributed by atoms with Gasteiger partial charge in [-0.25, -0.2) is 4.98 Å². The molecule has 34 heavy (non-hydrogen) atoms. The Hall–Kier alpha value is -1.61. The quantitative estimate of drug-likeness (QED) is 0.543. The number of aromatic nitrogens is 1. The molecule has 0 bridgehead atoms. The third-order valence-corrected chi connectivity index (χ3v) is 8.35. The highest BCUT2D eigenvalue weighted by atomic mass is 32.1. The fourth-order valence-corrected chi connectivity index (χ4v) is 5.48. The first-order valence-corrected chi connectivity index (χ1v) is 13.2. The number of epoxide rings is 1. The average molecular weight is 493 g/mol. The SMILES string of the molecule is C/C(=C\c1csc(C)n1)C1C[C@@H]2O[C@@H]2CCC[C@H](C)[C@H](O)[C@@H](C)C(=O)C(C)(C)[C@@H](O)CC(=O)N1. The molecular formula is C26H40N2O5S. The molecule has 2 fully saturated rings. The summed E-state index contributed by atoms with van der Waals surface area (Å²) in [6.45, 7) is 10.9. The number of carbonyl (C=O) groups is 2. The van der Waals surface area contributed by atoms with Gasteiger partial charge >= 0.3 is 0 Å². The number of hydrogen-bond acceptors (Lipinski definition) is 7. The molecule has 7 nitrogen and oxygen atoms in total. The van der Waals surface area contributed by atoms with E-state index >= 15 is 0 Å². The maximum atomic E-state index is 13.2. The van der Waals surface area contributed by atoms with Crippen molar-refractivity contribution in [1.29, 1.82) is 0 Å². The van der Waals surface area contributed by atoms with E-state index in [0.717, 1.165) is 35.5 Å². The molecule has 1 amide bonds. The van der Waals surface area contributed by atoms with Gasteiger partial charge in [0, 0.05) is 17.7 Å². The molecule has 2 aliphatic heterocycles. The van der Waals surface area contributed by atoms with Gasteiger partial charge in [-0.05, 0) is 44.3 Å². The number of Topliss-reactive ketones (excluding diaryl/α,β-unsaturated/α-hetero) is 1. The predicted molar refractivity (Wildman–Crippen MR) is 133 cm³/mol. The Balaban J connectivity index is 1.81. The summed E-state index contributed by atoms with van der Waals surface area (Å²) in [5.41, 5.74) is 0.685. The Morgan fingerprint density at radius 2 is 1.94 bits per heavy atom. The molecule has 3 heterocycles. The summed E-state index contributed by atoms with van der Waals surface area (Å²) in [5.74, 6) is -1.21. The molecule has 2 aliphatic rings. The second-order valence-electron chi connectivity index (χ2n) is 10.7. The van der Waals surface area contributed by atoms with Gasteiger partial charge in [0.2, 0.25) is 5.91 Å². The van der Waals surface area contributed by atoms with Gasteiger partial charge in [-0.1, -0.05) is 34.1 Å². The molecule has 0 saturated carbocycles. The van der Waals surface area contributed by atoms with Crippen LogP contribution in [0.5, 0.6) is 0 Å². The van der Waals surface area contributed by atoms with E-state index in [-0.39, 0.29) is 42.3 Å². The van der Waals surface area contributed by atoms with E-state index in [0.29, 0.717) is 6.42 Å². The van der Waals surface area contributed by atoms with Crippen LogP contribution in [0.1, 0.15) is 77.4 Å². The number of fused-ring (bicyclic) bond motifs is 1. The standard InChI is InChI=1S/C26H40N2O5S/c1-14-8-7-9-20-21(33-20)11-19(15(2)10-18-13-34-17(4)27-18)28-23(30)12-22(29)26(5,6)25(32)16(3)24(14)31/h10,13-14,16,19-22,24,29,31H,7-9,11-12H2,1-6H3,(H,28,30)/b15-10+/t14-,16+,19?,20+,21-,22-,24-/m0/s1. The fourth-order valence-electron chi connectivity index (χ4n) is 4.91. The molecule has 0 aliphatic carbocycles. The lowest BCUT2D eigenvalue weighted by Gasteiger charge is -2.34. The maximum Gasteiger partial charge on any atom is 0.223 e. The maximum absolute atomic E-state index is 13.2. The highest BCUT2D eigenvalue weighted by molar-refractivity contribution is 7.09. The third kappa shape index (κ3) is 6.53. The number of thiazole rings is 1. The molecule has 190 valence electrons. The number of aliphatic hydroxyl groups excluding tert-OH is 2. The summed E-state index contributed by atoms with van der Waals surface area (Å²) >= 11 is 1.58. The number of nitrogens with one attached hydrogen (secondary N) is 1. The third-order valence-electron chi connectivity index (χ3n) is 7.56. The number of rotatable bonds is 2. The first-order chi connectivity index (χ1) is 15.9. The van der Waals surface area contributed by atoms with Crippen molar-refractivity contribution in [3.8, 4) is 0 Å². The van der Waals surface area contributed by atoms with Gasteiger partial charge in [0.25, 0.3) is 0 Å². The van der Waals surface area contributed by atoms with Crippen LogP contribution >= 0.6 is 11.3 Å². The van der Waals surface area contributed by atoms with Crippen molar-refractivity contribution >= 4 is 29.1 Å². The number of aryl methyl sites for hydroxylation is 1. The smallest absolute Gasteiger partial charge is 0.223 e. The van der Waals surface area contributed by atoms with Crippen LogP contribution in [0.3, 0.4) is 0 Å². The van der Waals surface area contributed by atoms with E-state index in [1.807, 2.05) is 32.2 Å². The minimum atomic E-state index is -1.16. The van der Waals surface area contributed by atoms with Crippen molar-refractivity contribution in [2.45, 2.75) is 104 Å². The van der Waals surface area contributed by atoms with Crippen LogP contribution in [0.15, 0.2) is 11.0 Å². The number of aliphatic hydroxyl groups is 2. The fraction of sp³-hybridized carbons (Fsp3) is 0.731. The summed E-state index contributed by atoms with van der Waals surface area (Å²) in [4.78, 5) is 30.6. The Morgan fingerprint density at radius 1 is 1.24 bits per heavy atom. The van der Waals surface area contributed by atoms with E-state index in [4.69, 9.17) is 4.74 Å². The highest BCUT2D eigenvalue weighted by Crippen LogP contribution is 2.35. The van der Waals surface area contributed by atoms with Crippen LogP contribution in [0, 0.1) is 24.2 Å².